The third kappa shape index (κ3) is 4.30. The van der Waals surface area contributed by atoms with E-state index < -0.39 is 6.04 Å². The maximum atomic E-state index is 11.5. The molecule has 1 aromatic rings. The second kappa shape index (κ2) is 7.79. The van der Waals surface area contributed by atoms with Crippen LogP contribution in [0.2, 0.25) is 0 Å². The molecule has 1 aliphatic heterocycles. The molecule has 2 rings (SSSR count). The van der Waals surface area contributed by atoms with Crippen molar-refractivity contribution in [2.45, 2.75) is 19.0 Å². The van der Waals surface area contributed by atoms with Gasteiger partial charge in [-0.3, -0.25) is 9.69 Å². The van der Waals surface area contributed by atoms with Crippen molar-refractivity contribution in [3.05, 3.63) is 35.4 Å². The molecule has 5 heteroatoms. The van der Waals surface area contributed by atoms with Gasteiger partial charge in [-0.25, -0.2) is 0 Å². The highest BCUT2D eigenvalue weighted by Crippen LogP contribution is 2.15. The first-order valence-electron chi connectivity index (χ1n) is 7.01. The molecule has 1 aromatic carbocycles. The van der Waals surface area contributed by atoms with E-state index >= 15 is 0 Å². The maximum Gasteiger partial charge on any atom is 0.237 e. The SMILES string of the molecule is NC(=O)C1COCCN1Cc1ccccc1C#CCCO. The molecule has 0 aromatic heterocycles. The third-order valence-corrected chi connectivity index (χ3v) is 3.42. The molecule has 1 unspecified atom stereocenters. The lowest BCUT2D eigenvalue weighted by molar-refractivity contribution is -0.129. The Morgan fingerprint density at radius 2 is 2.29 bits per heavy atom. The summed E-state index contributed by atoms with van der Waals surface area (Å²) in [5.41, 5.74) is 7.40. The van der Waals surface area contributed by atoms with Crippen LogP contribution in [0.4, 0.5) is 0 Å². The van der Waals surface area contributed by atoms with Crippen LogP contribution in [0.3, 0.4) is 0 Å². The minimum Gasteiger partial charge on any atom is -0.395 e. The van der Waals surface area contributed by atoms with Crippen LogP contribution in [0, 0.1) is 11.8 Å². The Hall–Kier alpha value is -1.87. The van der Waals surface area contributed by atoms with Gasteiger partial charge in [0, 0.05) is 25.1 Å². The molecule has 21 heavy (non-hydrogen) atoms. The number of hydrogen-bond acceptors (Lipinski definition) is 4. The van der Waals surface area contributed by atoms with Crippen LogP contribution < -0.4 is 5.73 Å². The number of nitrogens with two attached hydrogens (primary N) is 1. The van der Waals surface area contributed by atoms with Gasteiger partial charge in [0.1, 0.15) is 6.04 Å². The fraction of sp³-hybridized carbons (Fsp3) is 0.438. The monoisotopic (exact) mass is 288 g/mol. The summed E-state index contributed by atoms with van der Waals surface area (Å²) in [7, 11) is 0. The van der Waals surface area contributed by atoms with Crippen molar-refractivity contribution < 1.29 is 14.6 Å². The summed E-state index contributed by atoms with van der Waals surface area (Å²) in [6.07, 6.45) is 0.454. The molecule has 0 aliphatic carbocycles. The zero-order valence-corrected chi connectivity index (χ0v) is 11.9. The van der Waals surface area contributed by atoms with Crippen molar-refractivity contribution in [3.63, 3.8) is 0 Å². The Kier molecular flexibility index (Phi) is 5.76. The van der Waals surface area contributed by atoms with Gasteiger partial charge in [-0.2, -0.15) is 0 Å². The lowest BCUT2D eigenvalue weighted by Crippen LogP contribution is -2.51. The predicted molar refractivity (Wildman–Crippen MR) is 79.2 cm³/mol. The number of hydrogen-bond donors (Lipinski definition) is 2. The summed E-state index contributed by atoms with van der Waals surface area (Å²) >= 11 is 0. The van der Waals surface area contributed by atoms with Gasteiger partial charge < -0.3 is 15.6 Å². The molecule has 0 spiro atoms. The van der Waals surface area contributed by atoms with E-state index in [0.717, 1.165) is 11.1 Å². The van der Waals surface area contributed by atoms with Crippen LogP contribution in [-0.4, -0.2) is 48.3 Å². The van der Waals surface area contributed by atoms with Crippen LogP contribution in [0.5, 0.6) is 0 Å². The van der Waals surface area contributed by atoms with Gasteiger partial charge in [-0.1, -0.05) is 30.0 Å². The van der Waals surface area contributed by atoms with Crippen molar-refractivity contribution in [2.24, 2.45) is 5.73 Å². The van der Waals surface area contributed by atoms with Gasteiger partial charge in [-0.15, -0.1) is 0 Å². The molecule has 3 N–H and O–H groups in total. The highest BCUT2D eigenvalue weighted by Gasteiger charge is 2.27. The summed E-state index contributed by atoms with van der Waals surface area (Å²) in [6.45, 7) is 2.28. The molecule has 0 bridgehead atoms. The molecule has 1 fully saturated rings. The van der Waals surface area contributed by atoms with Crippen molar-refractivity contribution in [3.8, 4) is 11.8 Å². The highest BCUT2D eigenvalue weighted by molar-refractivity contribution is 5.80. The Bertz CT molecular complexity index is 548. The molecule has 0 saturated carbocycles. The van der Waals surface area contributed by atoms with Gasteiger partial charge in [-0.05, 0) is 11.6 Å². The molecule has 5 nitrogen and oxygen atoms in total. The second-order valence-electron chi connectivity index (χ2n) is 4.90. The summed E-state index contributed by atoms with van der Waals surface area (Å²) < 4.78 is 5.32. The average molecular weight is 288 g/mol. The van der Waals surface area contributed by atoms with Gasteiger partial charge in [0.05, 0.1) is 19.8 Å². The number of amides is 1. The summed E-state index contributed by atoms with van der Waals surface area (Å²) in [6, 6.07) is 7.43. The first-order valence-corrected chi connectivity index (χ1v) is 7.01. The normalized spacial score (nSPS) is 18.8. The molecule has 1 saturated heterocycles. The Morgan fingerprint density at radius 1 is 1.48 bits per heavy atom. The summed E-state index contributed by atoms with van der Waals surface area (Å²) in [5, 5.41) is 8.79. The number of rotatable bonds is 4. The largest absolute Gasteiger partial charge is 0.395 e. The van der Waals surface area contributed by atoms with E-state index in [0.29, 0.717) is 32.7 Å². The lowest BCUT2D eigenvalue weighted by atomic mass is 10.1. The predicted octanol–water partition coefficient (Wildman–Crippen LogP) is 0.107. The van der Waals surface area contributed by atoms with E-state index in [2.05, 4.69) is 11.8 Å². The maximum absolute atomic E-state index is 11.5. The number of ether oxygens (including phenoxy) is 1. The standard InChI is InChI=1S/C16H20N2O3/c17-16(20)15-12-21-10-8-18(15)11-14-7-2-1-5-13(14)6-3-4-9-19/h1-2,5,7,15,19H,4,8-12H2,(H2,17,20). The van der Waals surface area contributed by atoms with Gasteiger partial charge in [0.25, 0.3) is 0 Å². The molecule has 1 aliphatic rings. The highest BCUT2D eigenvalue weighted by atomic mass is 16.5. The Labute approximate surface area is 124 Å². The first kappa shape index (κ1) is 15.5. The quantitative estimate of drug-likeness (QED) is 0.771. The average Bonchev–Trinajstić information content (AvgIpc) is 2.49. The fourth-order valence-electron chi connectivity index (χ4n) is 2.30. The first-order chi connectivity index (χ1) is 10.2. The molecule has 1 heterocycles. The zero-order chi connectivity index (χ0) is 15.1. The number of aliphatic hydroxyl groups is 1. The van der Waals surface area contributed by atoms with E-state index in [9.17, 15) is 4.79 Å². The van der Waals surface area contributed by atoms with E-state index in [1.54, 1.807) is 0 Å². The number of morpholine rings is 1. The van der Waals surface area contributed by atoms with Gasteiger partial charge in [0.15, 0.2) is 0 Å². The van der Waals surface area contributed by atoms with Gasteiger partial charge in [0.2, 0.25) is 5.91 Å². The van der Waals surface area contributed by atoms with E-state index in [4.69, 9.17) is 15.6 Å². The zero-order valence-electron chi connectivity index (χ0n) is 11.9. The van der Waals surface area contributed by atoms with E-state index in [1.165, 1.54) is 0 Å². The summed E-state index contributed by atoms with van der Waals surface area (Å²) in [4.78, 5) is 13.5. The van der Waals surface area contributed by atoms with E-state index in [1.807, 2.05) is 29.2 Å². The van der Waals surface area contributed by atoms with Crippen LogP contribution in [0.25, 0.3) is 0 Å². The van der Waals surface area contributed by atoms with Crippen LogP contribution in [-0.2, 0) is 16.1 Å². The Balaban J connectivity index is 2.15. The molecule has 1 amide bonds. The van der Waals surface area contributed by atoms with Crippen LogP contribution >= 0.6 is 0 Å². The fourth-order valence-corrected chi connectivity index (χ4v) is 2.30. The van der Waals surface area contributed by atoms with Crippen molar-refractivity contribution in [1.29, 1.82) is 0 Å². The smallest absolute Gasteiger partial charge is 0.237 e. The minimum atomic E-state index is -0.391. The third-order valence-electron chi connectivity index (χ3n) is 3.42. The molecule has 1 atom stereocenters. The van der Waals surface area contributed by atoms with Crippen LogP contribution in [0.15, 0.2) is 24.3 Å². The summed E-state index contributed by atoms with van der Waals surface area (Å²) in [5.74, 6) is 5.63. The van der Waals surface area contributed by atoms with Crippen molar-refractivity contribution in [1.82, 2.24) is 4.90 Å². The molecule has 0 radical (unpaired) electrons. The minimum absolute atomic E-state index is 0.0579. The van der Waals surface area contributed by atoms with E-state index in [-0.39, 0.29) is 12.5 Å². The number of primary amides is 1. The lowest BCUT2D eigenvalue weighted by Gasteiger charge is -2.33. The molecule has 112 valence electrons. The molecular weight excluding hydrogens is 268 g/mol. The number of carbonyl (C=O) groups excluding carboxylic acids is 1. The number of carbonyl (C=O) groups is 1. The number of nitrogens with zero attached hydrogens (tertiary/aromatic N) is 1. The Morgan fingerprint density at radius 3 is 3.05 bits per heavy atom. The topological polar surface area (TPSA) is 75.8 Å². The second-order valence-corrected chi connectivity index (χ2v) is 4.90. The van der Waals surface area contributed by atoms with Crippen LogP contribution in [0.1, 0.15) is 17.5 Å². The number of aliphatic hydroxyl groups excluding tert-OH is 1. The van der Waals surface area contributed by atoms with Crippen molar-refractivity contribution in [2.75, 3.05) is 26.4 Å². The van der Waals surface area contributed by atoms with Crippen molar-refractivity contribution >= 4 is 5.91 Å². The number of benzene rings is 1. The van der Waals surface area contributed by atoms with Gasteiger partial charge >= 0.3 is 0 Å². The molecular formula is C16H20N2O3.